The molecule has 0 radical (unpaired) electrons. The van der Waals surface area contributed by atoms with Crippen molar-refractivity contribution in [3.05, 3.63) is 35.7 Å². The number of hydrogen-bond acceptors (Lipinski definition) is 6. The molecule has 2 aromatic rings. The zero-order valence-electron chi connectivity index (χ0n) is 17.9. The van der Waals surface area contributed by atoms with Gasteiger partial charge in [0.15, 0.2) is 5.69 Å². The molecule has 1 amide bonds. The van der Waals surface area contributed by atoms with Gasteiger partial charge in [-0.1, -0.05) is 30.5 Å². The van der Waals surface area contributed by atoms with Crippen LogP contribution in [0.1, 0.15) is 48.3 Å². The smallest absolute Gasteiger partial charge is 0.273 e. The molecule has 2 fully saturated rings. The third-order valence-electron chi connectivity index (χ3n) is 6.45. The Morgan fingerprint density at radius 3 is 2.73 bits per heavy atom. The molecule has 30 heavy (non-hydrogen) atoms. The van der Waals surface area contributed by atoms with Crippen LogP contribution in [0.25, 0.3) is 5.69 Å². The molecule has 1 aromatic heterocycles. The maximum absolute atomic E-state index is 13.0. The number of ether oxygens (including phenoxy) is 2. The molecular formula is C22H31N5O3. The predicted molar refractivity (Wildman–Crippen MR) is 113 cm³/mol. The zero-order valence-corrected chi connectivity index (χ0v) is 17.9. The quantitative estimate of drug-likeness (QED) is 0.783. The Bertz CT molecular complexity index is 869. The average molecular weight is 414 g/mol. The van der Waals surface area contributed by atoms with Gasteiger partial charge in [-0.25, -0.2) is 4.68 Å². The molecule has 162 valence electrons. The van der Waals surface area contributed by atoms with Crippen LogP contribution in [0.4, 0.5) is 0 Å². The molecule has 0 unspecified atom stereocenters. The molecule has 2 heterocycles. The number of methoxy groups -OCH3 is 1. The molecule has 0 bridgehead atoms. The first kappa shape index (κ1) is 20.8. The van der Waals surface area contributed by atoms with Gasteiger partial charge in [0, 0.05) is 31.2 Å². The summed E-state index contributed by atoms with van der Waals surface area (Å²) in [7, 11) is 1.63. The van der Waals surface area contributed by atoms with Crippen LogP contribution in [0, 0.1) is 6.92 Å². The second-order valence-electron chi connectivity index (χ2n) is 8.20. The summed E-state index contributed by atoms with van der Waals surface area (Å²) in [6.07, 6.45) is 5.91. The number of hydrogen-bond donors (Lipinski definition) is 1. The SMILES string of the molecule is COc1cccc(-n2nnc(C(=O)NCC3(N4CCOCC4)CCCCC3)c2C)c1. The molecule has 1 aliphatic carbocycles. The van der Waals surface area contributed by atoms with Crippen LogP contribution in [0.15, 0.2) is 24.3 Å². The van der Waals surface area contributed by atoms with Crippen LogP contribution < -0.4 is 10.1 Å². The van der Waals surface area contributed by atoms with Gasteiger partial charge in [-0.2, -0.15) is 0 Å². The van der Waals surface area contributed by atoms with E-state index in [0.29, 0.717) is 17.9 Å². The van der Waals surface area contributed by atoms with E-state index in [-0.39, 0.29) is 11.4 Å². The predicted octanol–water partition coefficient (Wildman–Crippen LogP) is 2.35. The Balaban J connectivity index is 1.48. The van der Waals surface area contributed by atoms with Gasteiger partial charge >= 0.3 is 0 Å². The summed E-state index contributed by atoms with van der Waals surface area (Å²) in [5.41, 5.74) is 1.92. The number of nitrogens with zero attached hydrogens (tertiary/aromatic N) is 4. The van der Waals surface area contributed by atoms with Gasteiger partial charge < -0.3 is 14.8 Å². The van der Waals surface area contributed by atoms with Crippen molar-refractivity contribution in [2.45, 2.75) is 44.6 Å². The van der Waals surface area contributed by atoms with Crippen molar-refractivity contribution in [2.24, 2.45) is 0 Å². The van der Waals surface area contributed by atoms with Crippen molar-refractivity contribution in [3.8, 4) is 11.4 Å². The lowest BCUT2D eigenvalue weighted by Gasteiger charge is -2.48. The fourth-order valence-electron chi connectivity index (χ4n) is 4.71. The fourth-order valence-corrected chi connectivity index (χ4v) is 4.71. The van der Waals surface area contributed by atoms with E-state index < -0.39 is 0 Å². The van der Waals surface area contributed by atoms with Gasteiger partial charge in [0.1, 0.15) is 5.75 Å². The summed E-state index contributed by atoms with van der Waals surface area (Å²) in [5.74, 6) is 0.568. The molecular weight excluding hydrogens is 382 g/mol. The molecule has 1 saturated carbocycles. The van der Waals surface area contributed by atoms with E-state index in [2.05, 4.69) is 20.5 Å². The molecule has 1 aromatic carbocycles. The van der Waals surface area contributed by atoms with E-state index in [1.54, 1.807) is 11.8 Å². The first-order valence-corrected chi connectivity index (χ1v) is 10.8. The summed E-state index contributed by atoms with van der Waals surface area (Å²) < 4.78 is 12.5. The monoisotopic (exact) mass is 413 g/mol. The van der Waals surface area contributed by atoms with E-state index in [0.717, 1.165) is 50.6 Å². The normalized spacial score (nSPS) is 19.4. The first-order valence-electron chi connectivity index (χ1n) is 10.8. The zero-order chi connectivity index (χ0) is 21.0. The standard InChI is InChI=1S/C22H31N5O3/c1-17-20(24-25-27(17)18-7-6-8-19(15-18)29-2)21(28)23-16-22(9-4-3-5-10-22)26-11-13-30-14-12-26/h6-8,15H,3-5,9-14,16H2,1-2H3,(H,23,28). The molecule has 2 aliphatic rings. The fraction of sp³-hybridized carbons (Fsp3) is 0.591. The maximum Gasteiger partial charge on any atom is 0.273 e. The number of amides is 1. The van der Waals surface area contributed by atoms with Crippen LogP contribution in [0.5, 0.6) is 5.75 Å². The lowest BCUT2D eigenvalue weighted by molar-refractivity contribution is -0.0361. The highest BCUT2D eigenvalue weighted by Gasteiger charge is 2.39. The highest BCUT2D eigenvalue weighted by atomic mass is 16.5. The summed E-state index contributed by atoms with van der Waals surface area (Å²) in [5, 5.41) is 11.6. The lowest BCUT2D eigenvalue weighted by Crippen LogP contribution is -2.59. The summed E-state index contributed by atoms with van der Waals surface area (Å²) in [4.78, 5) is 15.5. The van der Waals surface area contributed by atoms with E-state index in [9.17, 15) is 4.79 Å². The molecule has 1 saturated heterocycles. The second-order valence-corrected chi connectivity index (χ2v) is 8.20. The van der Waals surface area contributed by atoms with Gasteiger partial charge in [-0.15, -0.1) is 5.10 Å². The highest BCUT2D eigenvalue weighted by molar-refractivity contribution is 5.93. The minimum Gasteiger partial charge on any atom is -0.497 e. The van der Waals surface area contributed by atoms with E-state index >= 15 is 0 Å². The lowest BCUT2D eigenvalue weighted by atomic mass is 9.79. The number of aromatic nitrogens is 3. The molecule has 4 rings (SSSR count). The average Bonchev–Trinajstić information content (AvgIpc) is 3.20. The van der Waals surface area contributed by atoms with Crippen LogP contribution in [0.3, 0.4) is 0 Å². The Morgan fingerprint density at radius 1 is 1.23 bits per heavy atom. The Hall–Kier alpha value is -2.45. The van der Waals surface area contributed by atoms with Crippen molar-refractivity contribution < 1.29 is 14.3 Å². The largest absolute Gasteiger partial charge is 0.497 e. The Morgan fingerprint density at radius 2 is 2.00 bits per heavy atom. The van der Waals surface area contributed by atoms with Gasteiger partial charge in [-0.3, -0.25) is 9.69 Å². The Kier molecular flexibility index (Phi) is 6.34. The third-order valence-corrected chi connectivity index (χ3v) is 6.45. The molecule has 1 aliphatic heterocycles. The number of carbonyl (C=O) groups is 1. The number of morpholine rings is 1. The van der Waals surface area contributed by atoms with Crippen LogP contribution in [-0.4, -0.2) is 71.3 Å². The molecule has 8 nitrogen and oxygen atoms in total. The van der Waals surface area contributed by atoms with Crippen LogP contribution in [0.2, 0.25) is 0 Å². The van der Waals surface area contributed by atoms with Crippen LogP contribution in [-0.2, 0) is 4.74 Å². The maximum atomic E-state index is 13.0. The minimum absolute atomic E-state index is 0.0222. The third kappa shape index (κ3) is 4.20. The first-order chi connectivity index (χ1) is 14.6. The summed E-state index contributed by atoms with van der Waals surface area (Å²) >= 11 is 0. The highest BCUT2D eigenvalue weighted by Crippen LogP contribution is 2.34. The van der Waals surface area contributed by atoms with E-state index in [4.69, 9.17) is 9.47 Å². The van der Waals surface area contributed by atoms with Crippen LogP contribution >= 0.6 is 0 Å². The number of carbonyl (C=O) groups excluding carboxylic acids is 1. The van der Waals surface area contributed by atoms with E-state index in [1.807, 2.05) is 31.2 Å². The van der Waals surface area contributed by atoms with Gasteiger partial charge in [0.05, 0.1) is 31.7 Å². The summed E-state index contributed by atoms with van der Waals surface area (Å²) in [6, 6.07) is 7.56. The van der Waals surface area contributed by atoms with Gasteiger partial charge in [0.2, 0.25) is 0 Å². The molecule has 8 heteroatoms. The van der Waals surface area contributed by atoms with Crippen molar-refractivity contribution in [1.29, 1.82) is 0 Å². The molecule has 1 N–H and O–H groups in total. The number of benzene rings is 1. The Labute approximate surface area is 177 Å². The number of rotatable bonds is 6. The van der Waals surface area contributed by atoms with Crippen molar-refractivity contribution in [2.75, 3.05) is 40.0 Å². The number of nitrogens with one attached hydrogen (secondary N) is 1. The molecule has 0 spiro atoms. The summed E-state index contributed by atoms with van der Waals surface area (Å²) in [6.45, 7) is 5.90. The molecule has 0 atom stereocenters. The van der Waals surface area contributed by atoms with Gasteiger partial charge in [-0.05, 0) is 31.9 Å². The second kappa shape index (κ2) is 9.14. The van der Waals surface area contributed by atoms with Gasteiger partial charge in [0.25, 0.3) is 5.91 Å². The van der Waals surface area contributed by atoms with Crippen molar-refractivity contribution in [3.63, 3.8) is 0 Å². The topological polar surface area (TPSA) is 81.5 Å². The van der Waals surface area contributed by atoms with E-state index in [1.165, 1.54) is 19.3 Å². The van der Waals surface area contributed by atoms with Crippen molar-refractivity contribution in [1.82, 2.24) is 25.2 Å². The van der Waals surface area contributed by atoms with Crippen molar-refractivity contribution >= 4 is 5.91 Å². The minimum atomic E-state index is -0.167.